The normalized spacial score (nSPS) is 9.43. The van der Waals surface area contributed by atoms with E-state index in [4.69, 9.17) is 17.0 Å². The van der Waals surface area contributed by atoms with E-state index in [-0.39, 0.29) is 27.7 Å². The van der Waals surface area contributed by atoms with Gasteiger partial charge in [0.15, 0.2) is 16.6 Å². The quantitative estimate of drug-likeness (QED) is 0.327. The molecule has 0 bridgehead atoms. The van der Waals surface area contributed by atoms with Crippen LogP contribution in [0.5, 0.6) is 11.5 Å². The molecule has 0 radical (unpaired) electrons. The molecule has 2 aromatic carbocycles. The summed E-state index contributed by atoms with van der Waals surface area (Å²) in [6.07, 6.45) is 1.47. The number of rotatable bonds is 4. The third-order valence-corrected chi connectivity index (χ3v) is 2.84. The predicted octanol–water partition coefficient (Wildman–Crippen LogP) is 1.89. The summed E-state index contributed by atoms with van der Waals surface area (Å²) in [7, 11) is 1.49. The molecule has 6 nitrogen and oxygen atoms in total. The summed E-state index contributed by atoms with van der Waals surface area (Å²) >= 11 is 5.11. The van der Waals surface area contributed by atoms with E-state index in [1.807, 2.05) is 30.3 Å². The van der Waals surface area contributed by atoms with Gasteiger partial charge >= 0.3 is 0 Å². The average Bonchev–Trinajstić information content (AvgIpc) is 2.50. The molecule has 2 rings (SSSR count). The zero-order valence-electron chi connectivity index (χ0n) is 12.2. The van der Waals surface area contributed by atoms with Crippen molar-refractivity contribution in [3.8, 4) is 11.5 Å². The van der Waals surface area contributed by atoms with Crippen molar-refractivity contribution in [2.45, 2.75) is 0 Å². The molecule has 23 heavy (non-hydrogen) atoms. The van der Waals surface area contributed by atoms with Crippen molar-refractivity contribution in [2.24, 2.45) is 5.10 Å². The Morgan fingerprint density at radius 2 is 1.87 bits per heavy atom. The van der Waals surface area contributed by atoms with Crippen molar-refractivity contribution >= 4 is 29.2 Å². The second-order valence-corrected chi connectivity index (χ2v) is 4.50. The standard InChI is InChI=1S/C15H15N3O2S.Ni.H2O/c1-20-13-9-5-6-11(14(13)19)10-16-18-15(21)17-12-7-3-2-4-8-12;;/h2-10,19H,1H3,(H2,17,18,21);;1H2/b16-10+;;. The third-order valence-electron chi connectivity index (χ3n) is 2.65. The van der Waals surface area contributed by atoms with E-state index in [2.05, 4.69) is 15.8 Å². The molecule has 0 saturated carbocycles. The number of hydrogen-bond acceptors (Lipinski definition) is 4. The molecular formula is C15H17N3NiO3S. The first-order valence-corrected chi connectivity index (χ1v) is 6.62. The maximum atomic E-state index is 9.90. The Labute approximate surface area is 149 Å². The first-order valence-electron chi connectivity index (χ1n) is 6.22. The van der Waals surface area contributed by atoms with E-state index >= 15 is 0 Å². The van der Waals surface area contributed by atoms with Crippen LogP contribution in [0.2, 0.25) is 0 Å². The molecular weight excluding hydrogens is 361 g/mol. The maximum absolute atomic E-state index is 9.90. The Morgan fingerprint density at radius 3 is 2.52 bits per heavy atom. The fourth-order valence-corrected chi connectivity index (χ4v) is 1.82. The Balaban J connectivity index is 0.00000242. The summed E-state index contributed by atoms with van der Waals surface area (Å²) in [4.78, 5) is 0. The molecule has 0 fully saturated rings. The third kappa shape index (κ3) is 6.24. The number of phenols is 1. The first kappa shape index (κ1) is 20.9. The van der Waals surface area contributed by atoms with Crippen molar-refractivity contribution in [2.75, 3.05) is 12.4 Å². The monoisotopic (exact) mass is 377 g/mol. The van der Waals surface area contributed by atoms with Crippen molar-refractivity contribution in [1.29, 1.82) is 0 Å². The molecule has 2 aromatic rings. The zero-order chi connectivity index (χ0) is 15.1. The van der Waals surface area contributed by atoms with Crippen molar-refractivity contribution in [3.05, 3.63) is 54.1 Å². The number of ether oxygens (including phenoxy) is 1. The van der Waals surface area contributed by atoms with Crippen LogP contribution in [0.15, 0.2) is 53.6 Å². The summed E-state index contributed by atoms with van der Waals surface area (Å²) in [5.41, 5.74) is 4.08. The SMILES string of the molecule is COc1cccc(/C=N/NC(=S)Nc2ccccc2)c1O.O.[Ni]. The average molecular weight is 378 g/mol. The van der Waals surface area contributed by atoms with Gasteiger partial charge in [0.1, 0.15) is 0 Å². The topological polar surface area (TPSA) is 97.4 Å². The van der Waals surface area contributed by atoms with E-state index in [9.17, 15) is 5.11 Å². The Hall–Kier alpha value is -2.15. The number of benzene rings is 2. The van der Waals surface area contributed by atoms with Crippen LogP contribution in [0.1, 0.15) is 5.56 Å². The summed E-state index contributed by atoms with van der Waals surface area (Å²) in [6.45, 7) is 0. The number of para-hydroxylation sites is 2. The van der Waals surface area contributed by atoms with Gasteiger partial charge in [-0.1, -0.05) is 24.3 Å². The van der Waals surface area contributed by atoms with E-state index in [1.165, 1.54) is 13.3 Å². The molecule has 0 spiro atoms. The van der Waals surface area contributed by atoms with Crippen LogP contribution in [0.3, 0.4) is 0 Å². The Bertz CT molecular complexity index is 654. The number of hydrazone groups is 1. The van der Waals surface area contributed by atoms with Gasteiger partial charge in [0.05, 0.1) is 13.3 Å². The van der Waals surface area contributed by atoms with Gasteiger partial charge in [-0.15, -0.1) is 0 Å². The minimum atomic E-state index is 0. The molecule has 0 aliphatic heterocycles. The van der Waals surface area contributed by atoms with Crippen LogP contribution in [-0.4, -0.2) is 29.0 Å². The zero-order valence-corrected chi connectivity index (χ0v) is 14.0. The minimum absolute atomic E-state index is 0. The second-order valence-electron chi connectivity index (χ2n) is 4.09. The molecule has 5 N–H and O–H groups in total. The van der Waals surface area contributed by atoms with Crippen LogP contribution in [0, 0.1) is 0 Å². The van der Waals surface area contributed by atoms with Gasteiger partial charge in [0, 0.05) is 27.7 Å². The van der Waals surface area contributed by atoms with Crippen molar-refractivity contribution in [3.63, 3.8) is 0 Å². The molecule has 0 atom stereocenters. The van der Waals surface area contributed by atoms with Crippen LogP contribution in [0.25, 0.3) is 0 Å². The van der Waals surface area contributed by atoms with Crippen molar-refractivity contribution < 1.29 is 31.8 Å². The summed E-state index contributed by atoms with van der Waals surface area (Å²) in [6, 6.07) is 14.7. The molecule has 126 valence electrons. The minimum Gasteiger partial charge on any atom is -0.504 e. The van der Waals surface area contributed by atoms with Crippen molar-refractivity contribution in [1.82, 2.24) is 5.43 Å². The maximum Gasteiger partial charge on any atom is 0.191 e. The number of aromatic hydroxyl groups is 1. The number of hydrogen-bond donors (Lipinski definition) is 3. The molecule has 0 amide bonds. The smallest absolute Gasteiger partial charge is 0.191 e. The van der Waals surface area contributed by atoms with Gasteiger partial charge in [-0.2, -0.15) is 5.10 Å². The van der Waals surface area contributed by atoms with E-state index in [1.54, 1.807) is 18.2 Å². The fraction of sp³-hybridized carbons (Fsp3) is 0.0667. The van der Waals surface area contributed by atoms with Gasteiger partial charge in [-0.3, -0.25) is 5.43 Å². The van der Waals surface area contributed by atoms with Crippen LogP contribution in [-0.2, 0) is 16.5 Å². The number of methoxy groups -OCH3 is 1. The molecule has 0 heterocycles. The molecule has 0 aromatic heterocycles. The number of thiocarbonyl (C=S) groups is 1. The summed E-state index contributed by atoms with van der Waals surface area (Å²) < 4.78 is 5.02. The molecule has 0 saturated heterocycles. The van der Waals surface area contributed by atoms with E-state index in [0.29, 0.717) is 16.4 Å². The predicted molar refractivity (Wildman–Crippen MR) is 91.7 cm³/mol. The van der Waals surface area contributed by atoms with Gasteiger partial charge < -0.3 is 20.6 Å². The van der Waals surface area contributed by atoms with Gasteiger partial charge in [-0.25, -0.2) is 0 Å². The van der Waals surface area contributed by atoms with Crippen LogP contribution < -0.4 is 15.5 Å². The Kier molecular flexibility index (Phi) is 9.57. The number of anilines is 1. The van der Waals surface area contributed by atoms with Gasteiger partial charge in [0.2, 0.25) is 0 Å². The van der Waals surface area contributed by atoms with Gasteiger partial charge in [0.25, 0.3) is 0 Å². The summed E-state index contributed by atoms with van der Waals surface area (Å²) in [5.74, 6) is 0.427. The molecule has 0 aliphatic carbocycles. The number of nitrogens with one attached hydrogen (secondary N) is 2. The molecule has 8 heteroatoms. The largest absolute Gasteiger partial charge is 0.504 e. The molecule has 0 unspecified atom stereocenters. The van der Waals surface area contributed by atoms with E-state index in [0.717, 1.165) is 5.69 Å². The van der Waals surface area contributed by atoms with Crippen LogP contribution in [0.4, 0.5) is 5.69 Å². The second kappa shape index (κ2) is 10.6. The number of phenolic OH excluding ortho intramolecular Hbond substituents is 1. The fourth-order valence-electron chi connectivity index (χ4n) is 1.65. The first-order chi connectivity index (χ1) is 10.2. The van der Waals surface area contributed by atoms with E-state index < -0.39 is 0 Å². The Morgan fingerprint density at radius 1 is 1.17 bits per heavy atom. The molecule has 0 aliphatic rings. The van der Waals surface area contributed by atoms with Crippen LogP contribution >= 0.6 is 12.2 Å². The summed E-state index contributed by atoms with van der Waals surface area (Å²) in [5, 5.41) is 17.2. The van der Waals surface area contributed by atoms with Gasteiger partial charge in [-0.05, 0) is 36.5 Å². The number of nitrogens with zero attached hydrogens (tertiary/aromatic N) is 1.